The van der Waals surface area contributed by atoms with Crippen molar-refractivity contribution < 1.29 is 13.2 Å². The number of hydrogen-bond donors (Lipinski definition) is 1. The molecule has 2 rings (SSSR count). The maximum absolute atomic E-state index is 12.2. The number of carbonyl (C=O) groups excluding carboxylic acids is 1. The lowest BCUT2D eigenvalue weighted by Gasteiger charge is -2.26. The molecule has 23 heavy (non-hydrogen) atoms. The SMILES string of the molecule is CN(CC(=O)N[C@]1(C)CCS(=O)(=O)C1)Cc1ccc(Cl)cc1Cl. The molecule has 1 aliphatic rings. The lowest BCUT2D eigenvalue weighted by Crippen LogP contribution is -2.49. The van der Waals surface area contributed by atoms with Crippen LogP contribution in [-0.2, 0) is 21.2 Å². The van der Waals surface area contributed by atoms with Crippen molar-refractivity contribution in [2.45, 2.75) is 25.4 Å². The number of amides is 1. The van der Waals surface area contributed by atoms with E-state index >= 15 is 0 Å². The molecule has 0 aromatic heterocycles. The highest BCUT2D eigenvalue weighted by Crippen LogP contribution is 2.23. The summed E-state index contributed by atoms with van der Waals surface area (Å²) in [4.78, 5) is 14.0. The first kappa shape index (κ1) is 18.5. The third-order valence-electron chi connectivity index (χ3n) is 3.81. The molecule has 1 atom stereocenters. The minimum Gasteiger partial charge on any atom is -0.349 e. The Bertz CT molecular complexity index is 709. The van der Waals surface area contributed by atoms with Gasteiger partial charge in [-0.25, -0.2) is 8.42 Å². The summed E-state index contributed by atoms with van der Waals surface area (Å²) < 4.78 is 23.1. The second-order valence-electron chi connectivity index (χ2n) is 6.36. The summed E-state index contributed by atoms with van der Waals surface area (Å²) in [5, 5.41) is 3.96. The van der Waals surface area contributed by atoms with Crippen molar-refractivity contribution in [3.05, 3.63) is 33.8 Å². The predicted octanol–water partition coefficient (Wildman–Crippen LogP) is 2.12. The molecule has 0 radical (unpaired) electrons. The molecule has 1 N–H and O–H groups in total. The lowest BCUT2D eigenvalue weighted by atomic mass is 10.0. The average molecular weight is 379 g/mol. The molecular weight excluding hydrogens is 359 g/mol. The van der Waals surface area contributed by atoms with Gasteiger partial charge in [-0.3, -0.25) is 9.69 Å². The van der Waals surface area contributed by atoms with E-state index in [4.69, 9.17) is 23.2 Å². The van der Waals surface area contributed by atoms with Gasteiger partial charge in [-0.1, -0.05) is 29.3 Å². The summed E-state index contributed by atoms with van der Waals surface area (Å²) >= 11 is 12.0. The summed E-state index contributed by atoms with van der Waals surface area (Å²) in [6, 6.07) is 5.24. The molecule has 1 aromatic carbocycles. The highest BCUT2D eigenvalue weighted by atomic mass is 35.5. The number of rotatable bonds is 5. The van der Waals surface area contributed by atoms with E-state index in [1.54, 1.807) is 26.1 Å². The van der Waals surface area contributed by atoms with Gasteiger partial charge in [0, 0.05) is 16.6 Å². The van der Waals surface area contributed by atoms with E-state index in [9.17, 15) is 13.2 Å². The Balaban J connectivity index is 1.90. The minimum absolute atomic E-state index is 0.00152. The number of halogens is 2. The fourth-order valence-corrected chi connectivity index (χ4v) is 5.29. The van der Waals surface area contributed by atoms with Gasteiger partial charge in [-0.15, -0.1) is 0 Å². The van der Waals surface area contributed by atoms with E-state index < -0.39 is 15.4 Å². The normalized spacial score (nSPS) is 23.2. The van der Waals surface area contributed by atoms with Gasteiger partial charge < -0.3 is 5.32 Å². The Morgan fingerprint density at radius 3 is 2.65 bits per heavy atom. The van der Waals surface area contributed by atoms with E-state index in [1.807, 2.05) is 11.0 Å². The quantitative estimate of drug-likeness (QED) is 0.851. The van der Waals surface area contributed by atoms with Crippen molar-refractivity contribution in [3.8, 4) is 0 Å². The number of carbonyl (C=O) groups is 1. The zero-order chi connectivity index (χ0) is 17.3. The first-order valence-corrected chi connectivity index (χ1v) is 9.80. The fourth-order valence-electron chi connectivity index (χ4n) is 2.73. The van der Waals surface area contributed by atoms with Crippen molar-refractivity contribution in [2.24, 2.45) is 0 Å². The Kier molecular flexibility index (Phi) is 5.61. The Labute approximate surface area is 146 Å². The summed E-state index contributed by atoms with van der Waals surface area (Å²) in [5.74, 6) is -0.0736. The minimum atomic E-state index is -3.04. The number of nitrogens with one attached hydrogen (secondary N) is 1. The first-order valence-electron chi connectivity index (χ1n) is 7.22. The fraction of sp³-hybridized carbons (Fsp3) is 0.533. The van der Waals surface area contributed by atoms with Gasteiger partial charge in [0.1, 0.15) is 0 Å². The van der Waals surface area contributed by atoms with Crippen LogP contribution in [0.4, 0.5) is 0 Å². The first-order chi connectivity index (χ1) is 10.6. The van der Waals surface area contributed by atoms with Crippen LogP contribution in [0.5, 0.6) is 0 Å². The average Bonchev–Trinajstić information content (AvgIpc) is 2.66. The van der Waals surface area contributed by atoms with E-state index in [0.717, 1.165) is 5.56 Å². The smallest absolute Gasteiger partial charge is 0.234 e. The molecule has 5 nitrogen and oxygen atoms in total. The lowest BCUT2D eigenvalue weighted by molar-refractivity contribution is -0.123. The Hall–Kier alpha value is -0.820. The highest BCUT2D eigenvalue weighted by molar-refractivity contribution is 7.91. The van der Waals surface area contributed by atoms with Crippen LogP contribution in [0.2, 0.25) is 10.0 Å². The van der Waals surface area contributed by atoms with Crippen molar-refractivity contribution in [2.75, 3.05) is 25.1 Å². The third kappa shape index (κ3) is 5.35. The maximum Gasteiger partial charge on any atom is 0.234 e. The van der Waals surface area contributed by atoms with Gasteiger partial charge >= 0.3 is 0 Å². The van der Waals surface area contributed by atoms with Crippen LogP contribution in [0, 0.1) is 0 Å². The number of benzene rings is 1. The summed E-state index contributed by atoms with van der Waals surface area (Å²) in [6.07, 6.45) is 0.452. The van der Waals surface area contributed by atoms with Crippen LogP contribution in [0.3, 0.4) is 0 Å². The largest absolute Gasteiger partial charge is 0.349 e. The van der Waals surface area contributed by atoms with Gasteiger partial charge in [0.25, 0.3) is 0 Å². The number of sulfone groups is 1. The topological polar surface area (TPSA) is 66.5 Å². The molecule has 0 bridgehead atoms. The number of likely N-dealkylation sites (N-methyl/N-ethyl adjacent to an activating group) is 1. The molecular formula is C15H20Cl2N2O3S. The van der Waals surface area contributed by atoms with Crippen molar-refractivity contribution in [1.82, 2.24) is 10.2 Å². The van der Waals surface area contributed by atoms with Gasteiger partial charge in [0.05, 0.1) is 23.6 Å². The van der Waals surface area contributed by atoms with E-state index in [-0.39, 0.29) is 24.0 Å². The number of nitrogens with zero attached hydrogens (tertiary/aromatic N) is 1. The second-order valence-corrected chi connectivity index (χ2v) is 9.39. The molecule has 1 fully saturated rings. The predicted molar refractivity (Wildman–Crippen MR) is 92.6 cm³/mol. The second kappa shape index (κ2) is 6.97. The van der Waals surface area contributed by atoms with Crippen molar-refractivity contribution in [3.63, 3.8) is 0 Å². The molecule has 0 unspecified atom stereocenters. The van der Waals surface area contributed by atoms with Crippen LogP contribution in [0.25, 0.3) is 0 Å². The van der Waals surface area contributed by atoms with Gasteiger partial charge in [-0.2, -0.15) is 0 Å². The summed E-state index contributed by atoms with van der Waals surface area (Å²) in [5.41, 5.74) is 0.204. The summed E-state index contributed by atoms with van der Waals surface area (Å²) in [7, 11) is -1.24. The van der Waals surface area contributed by atoms with Crippen molar-refractivity contribution in [1.29, 1.82) is 0 Å². The molecule has 0 spiro atoms. The molecule has 8 heteroatoms. The molecule has 0 aliphatic carbocycles. The van der Waals surface area contributed by atoms with Gasteiger partial charge in [0.2, 0.25) is 5.91 Å². The van der Waals surface area contributed by atoms with E-state index in [0.29, 0.717) is 23.0 Å². The highest BCUT2D eigenvalue weighted by Gasteiger charge is 2.39. The maximum atomic E-state index is 12.2. The summed E-state index contributed by atoms with van der Waals surface area (Å²) in [6.45, 7) is 2.43. The van der Waals surface area contributed by atoms with Crippen LogP contribution in [0.1, 0.15) is 18.9 Å². The Morgan fingerprint density at radius 1 is 1.39 bits per heavy atom. The van der Waals surface area contributed by atoms with Gasteiger partial charge in [0.15, 0.2) is 9.84 Å². The van der Waals surface area contributed by atoms with Crippen molar-refractivity contribution >= 4 is 38.9 Å². The van der Waals surface area contributed by atoms with Crippen LogP contribution < -0.4 is 5.32 Å². The Morgan fingerprint density at radius 2 is 2.09 bits per heavy atom. The van der Waals surface area contributed by atoms with Crippen LogP contribution >= 0.6 is 23.2 Å². The monoisotopic (exact) mass is 378 g/mol. The molecule has 0 saturated carbocycles. The standard InChI is InChI=1S/C15H20Cl2N2O3S/c1-15(5-6-23(21,22)10-15)18-14(20)9-19(2)8-11-3-4-12(16)7-13(11)17/h3-4,7H,5-6,8-10H2,1-2H3,(H,18,20)/t15-/m1/s1. The van der Waals surface area contributed by atoms with Gasteiger partial charge in [-0.05, 0) is 38.1 Å². The van der Waals surface area contributed by atoms with Crippen LogP contribution in [0.15, 0.2) is 18.2 Å². The number of hydrogen-bond acceptors (Lipinski definition) is 4. The zero-order valence-corrected chi connectivity index (χ0v) is 15.4. The molecule has 1 saturated heterocycles. The van der Waals surface area contributed by atoms with Crippen LogP contribution in [-0.4, -0.2) is 49.9 Å². The van der Waals surface area contributed by atoms with E-state index in [2.05, 4.69) is 5.32 Å². The molecule has 1 aromatic rings. The molecule has 1 aliphatic heterocycles. The van der Waals surface area contributed by atoms with E-state index in [1.165, 1.54) is 0 Å². The molecule has 128 valence electrons. The zero-order valence-electron chi connectivity index (χ0n) is 13.1. The third-order valence-corrected chi connectivity index (χ3v) is 6.30. The molecule has 1 heterocycles. The molecule has 1 amide bonds.